The summed E-state index contributed by atoms with van der Waals surface area (Å²) >= 11 is 0. The molecule has 0 aromatic carbocycles. The van der Waals surface area contributed by atoms with Gasteiger partial charge in [0.05, 0.1) is 12.5 Å². The molecule has 2 rings (SSSR count). The number of hydrogen-bond acceptors (Lipinski definition) is 2. The molecular weight excluding hydrogens is 174 g/mol. The van der Waals surface area contributed by atoms with Gasteiger partial charge in [-0.05, 0) is 31.7 Å². The third kappa shape index (κ3) is 2.38. The second-order valence-corrected chi connectivity index (χ2v) is 4.35. The fraction of sp³-hybridized carbons (Fsp3) is 0.667. The lowest BCUT2D eigenvalue weighted by molar-refractivity contribution is 0.380. The van der Waals surface area contributed by atoms with Gasteiger partial charge in [0.25, 0.3) is 0 Å². The Kier molecular flexibility index (Phi) is 3.25. The van der Waals surface area contributed by atoms with Crippen LogP contribution in [0, 0.1) is 5.92 Å². The van der Waals surface area contributed by atoms with Crippen LogP contribution in [0.25, 0.3) is 0 Å². The summed E-state index contributed by atoms with van der Waals surface area (Å²) in [6.45, 7) is 3.24. The van der Waals surface area contributed by atoms with Crippen LogP contribution in [0.3, 0.4) is 0 Å². The molecule has 0 saturated heterocycles. The van der Waals surface area contributed by atoms with Crippen LogP contribution in [0.4, 0.5) is 0 Å². The van der Waals surface area contributed by atoms with Crippen molar-refractivity contribution in [3.05, 3.63) is 24.2 Å². The minimum atomic E-state index is 0.646. The Hall–Kier alpha value is -0.760. The summed E-state index contributed by atoms with van der Waals surface area (Å²) in [6.07, 6.45) is 9.19. The van der Waals surface area contributed by atoms with E-state index in [0.717, 1.165) is 12.5 Å². The first kappa shape index (κ1) is 9.78. The van der Waals surface area contributed by atoms with Gasteiger partial charge in [-0.2, -0.15) is 0 Å². The van der Waals surface area contributed by atoms with E-state index in [1.165, 1.54) is 31.2 Å². The molecule has 1 atom stereocenters. The van der Waals surface area contributed by atoms with Gasteiger partial charge in [0.15, 0.2) is 0 Å². The molecule has 1 heterocycles. The van der Waals surface area contributed by atoms with E-state index in [1.807, 2.05) is 12.3 Å². The molecule has 78 valence electrons. The summed E-state index contributed by atoms with van der Waals surface area (Å²) in [5.41, 5.74) is 1.25. The monoisotopic (exact) mass is 193 g/mol. The second kappa shape index (κ2) is 4.65. The van der Waals surface area contributed by atoms with Gasteiger partial charge in [-0.1, -0.05) is 12.8 Å². The topological polar surface area (TPSA) is 25.2 Å². The molecule has 14 heavy (non-hydrogen) atoms. The Morgan fingerprint density at radius 2 is 2.29 bits per heavy atom. The fourth-order valence-corrected chi connectivity index (χ4v) is 2.30. The fourth-order valence-electron chi connectivity index (χ4n) is 2.30. The third-order valence-electron chi connectivity index (χ3n) is 3.32. The molecule has 1 aliphatic rings. The first-order chi connectivity index (χ1) is 6.86. The van der Waals surface area contributed by atoms with Gasteiger partial charge in [0, 0.05) is 18.2 Å². The average Bonchev–Trinajstić information content (AvgIpc) is 2.87. The third-order valence-corrected chi connectivity index (χ3v) is 3.32. The molecule has 0 radical (unpaired) electrons. The van der Waals surface area contributed by atoms with Crippen LogP contribution in [0.15, 0.2) is 23.0 Å². The Balaban J connectivity index is 1.74. The molecule has 0 bridgehead atoms. The van der Waals surface area contributed by atoms with Gasteiger partial charge >= 0.3 is 0 Å². The lowest BCUT2D eigenvalue weighted by atomic mass is 10.00. The molecule has 0 spiro atoms. The molecular formula is C12H19NO. The van der Waals surface area contributed by atoms with Gasteiger partial charge in [0.1, 0.15) is 0 Å². The summed E-state index contributed by atoms with van der Waals surface area (Å²) in [7, 11) is 0. The zero-order chi connectivity index (χ0) is 9.80. The smallest absolute Gasteiger partial charge is 0.0947 e. The zero-order valence-electron chi connectivity index (χ0n) is 8.83. The predicted molar refractivity (Wildman–Crippen MR) is 57.0 cm³/mol. The SMILES string of the molecule is C[C@@H](NCc1ccoc1)C1CCCC1. The second-order valence-electron chi connectivity index (χ2n) is 4.35. The van der Waals surface area contributed by atoms with Crippen LogP contribution < -0.4 is 5.32 Å². The maximum absolute atomic E-state index is 5.03. The van der Waals surface area contributed by atoms with Gasteiger partial charge in [-0.3, -0.25) is 0 Å². The molecule has 1 saturated carbocycles. The average molecular weight is 193 g/mol. The van der Waals surface area contributed by atoms with Crippen molar-refractivity contribution in [1.82, 2.24) is 5.32 Å². The van der Waals surface area contributed by atoms with E-state index in [2.05, 4.69) is 12.2 Å². The van der Waals surface area contributed by atoms with Crippen LogP contribution in [-0.4, -0.2) is 6.04 Å². The molecule has 2 heteroatoms. The number of rotatable bonds is 4. The highest BCUT2D eigenvalue weighted by atomic mass is 16.3. The Morgan fingerprint density at radius 3 is 2.93 bits per heavy atom. The van der Waals surface area contributed by atoms with Crippen LogP contribution in [-0.2, 0) is 6.54 Å². The molecule has 0 unspecified atom stereocenters. The van der Waals surface area contributed by atoms with Gasteiger partial charge in [-0.15, -0.1) is 0 Å². The van der Waals surface area contributed by atoms with Crippen LogP contribution in [0.2, 0.25) is 0 Å². The van der Waals surface area contributed by atoms with E-state index in [4.69, 9.17) is 4.42 Å². The maximum Gasteiger partial charge on any atom is 0.0947 e. The molecule has 1 aromatic heterocycles. The van der Waals surface area contributed by atoms with E-state index < -0.39 is 0 Å². The van der Waals surface area contributed by atoms with Crippen molar-refractivity contribution in [2.75, 3.05) is 0 Å². The molecule has 1 aromatic rings. The van der Waals surface area contributed by atoms with Crippen LogP contribution >= 0.6 is 0 Å². The first-order valence-corrected chi connectivity index (χ1v) is 5.61. The quantitative estimate of drug-likeness (QED) is 0.795. The van der Waals surface area contributed by atoms with Crippen molar-refractivity contribution < 1.29 is 4.42 Å². The molecule has 1 N–H and O–H groups in total. The molecule has 0 aliphatic heterocycles. The lowest BCUT2D eigenvalue weighted by Crippen LogP contribution is -2.31. The van der Waals surface area contributed by atoms with Gasteiger partial charge < -0.3 is 9.73 Å². The van der Waals surface area contributed by atoms with Crippen molar-refractivity contribution >= 4 is 0 Å². The summed E-state index contributed by atoms with van der Waals surface area (Å²) in [5, 5.41) is 3.57. The number of furan rings is 1. The largest absolute Gasteiger partial charge is 0.472 e. The van der Waals surface area contributed by atoms with Gasteiger partial charge in [0.2, 0.25) is 0 Å². The lowest BCUT2D eigenvalue weighted by Gasteiger charge is -2.19. The van der Waals surface area contributed by atoms with Gasteiger partial charge in [-0.25, -0.2) is 0 Å². The van der Waals surface area contributed by atoms with Crippen molar-refractivity contribution in [3.8, 4) is 0 Å². The van der Waals surface area contributed by atoms with Crippen molar-refractivity contribution in [2.45, 2.75) is 45.2 Å². The molecule has 1 fully saturated rings. The van der Waals surface area contributed by atoms with E-state index in [0.29, 0.717) is 6.04 Å². The Morgan fingerprint density at radius 1 is 1.50 bits per heavy atom. The zero-order valence-corrected chi connectivity index (χ0v) is 8.83. The highest BCUT2D eigenvalue weighted by Crippen LogP contribution is 2.27. The number of nitrogens with one attached hydrogen (secondary N) is 1. The van der Waals surface area contributed by atoms with E-state index in [-0.39, 0.29) is 0 Å². The number of hydrogen-bond donors (Lipinski definition) is 1. The Labute approximate surface area is 85.7 Å². The normalized spacial score (nSPS) is 20.1. The highest BCUT2D eigenvalue weighted by Gasteiger charge is 2.20. The van der Waals surface area contributed by atoms with Crippen molar-refractivity contribution in [2.24, 2.45) is 5.92 Å². The molecule has 2 nitrogen and oxygen atoms in total. The maximum atomic E-state index is 5.03. The van der Waals surface area contributed by atoms with Crippen molar-refractivity contribution in [1.29, 1.82) is 0 Å². The summed E-state index contributed by atoms with van der Waals surface area (Å²) in [5.74, 6) is 0.891. The van der Waals surface area contributed by atoms with Crippen molar-refractivity contribution in [3.63, 3.8) is 0 Å². The summed E-state index contributed by atoms with van der Waals surface area (Å²) < 4.78 is 5.03. The Bertz CT molecular complexity index is 249. The first-order valence-electron chi connectivity index (χ1n) is 5.61. The van der Waals surface area contributed by atoms with E-state index in [1.54, 1.807) is 6.26 Å². The standard InChI is InChI=1S/C12H19NO/c1-10(12-4-2-3-5-12)13-8-11-6-7-14-9-11/h6-7,9-10,12-13H,2-5,8H2,1H3/t10-/m1/s1. The van der Waals surface area contributed by atoms with Crippen LogP contribution in [0.1, 0.15) is 38.2 Å². The van der Waals surface area contributed by atoms with E-state index in [9.17, 15) is 0 Å². The van der Waals surface area contributed by atoms with E-state index >= 15 is 0 Å². The molecule has 0 amide bonds. The minimum absolute atomic E-state index is 0.646. The molecule has 1 aliphatic carbocycles. The predicted octanol–water partition coefficient (Wildman–Crippen LogP) is 2.95. The highest BCUT2D eigenvalue weighted by molar-refractivity contribution is 5.04. The summed E-state index contributed by atoms with van der Waals surface area (Å²) in [4.78, 5) is 0. The minimum Gasteiger partial charge on any atom is -0.472 e. The van der Waals surface area contributed by atoms with Crippen LogP contribution in [0.5, 0.6) is 0 Å². The summed E-state index contributed by atoms with van der Waals surface area (Å²) in [6, 6.07) is 2.67.